The highest BCUT2D eigenvalue weighted by atomic mass is 32.2. The second kappa shape index (κ2) is 6.75. The molecule has 0 atom stereocenters. The molecular formula is C18H20N2O3S. The maximum absolute atomic E-state index is 12.4. The molecule has 0 fully saturated rings. The lowest BCUT2D eigenvalue weighted by molar-refractivity contribution is 0.102. The molecule has 0 saturated carbocycles. The van der Waals surface area contributed by atoms with Gasteiger partial charge in [0.25, 0.3) is 5.91 Å². The first-order valence-corrected chi connectivity index (χ1v) is 9.65. The average molecular weight is 344 g/mol. The molecule has 3 N–H and O–H groups in total. The van der Waals surface area contributed by atoms with Crippen molar-refractivity contribution in [1.82, 2.24) is 0 Å². The Morgan fingerprint density at radius 3 is 2.54 bits per heavy atom. The van der Waals surface area contributed by atoms with E-state index in [2.05, 4.69) is 5.32 Å². The van der Waals surface area contributed by atoms with Gasteiger partial charge in [-0.25, -0.2) is 13.6 Å². The zero-order valence-corrected chi connectivity index (χ0v) is 14.1. The van der Waals surface area contributed by atoms with Gasteiger partial charge < -0.3 is 5.32 Å². The smallest absolute Gasteiger partial charge is 0.255 e. The summed E-state index contributed by atoms with van der Waals surface area (Å²) < 4.78 is 22.4. The molecule has 24 heavy (non-hydrogen) atoms. The van der Waals surface area contributed by atoms with Crippen molar-refractivity contribution in [2.45, 2.75) is 31.4 Å². The van der Waals surface area contributed by atoms with Gasteiger partial charge in [-0.15, -0.1) is 0 Å². The minimum Gasteiger partial charge on any atom is -0.322 e. The molecule has 1 amide bonds. The van der Waals surface area contributed by atoms with Crippen molar-refractivity contribution in [3.8, 4) is 0 Å². The predicted molar refractivity (Wildman–Crippen MR) is 94.3 cm³/mol. The Morgan fingerprint density at radius 2 is 1.79 bits per heavy atom. The highest BCUT2D eigenvalue weighted by Crippen LogP contribution is 2.23. The number of primary sulfonamides is 1. The Bertz CT molecular complexity index is 876. The van der Waals surface area contributed by atoms with Crippen LogP contribution in [0.3, 0.4) is 0 Å². The van der Waals surface area contributed by atoms with Crippen LogP contribution >= 0.6 is 0 Å². The molecular weight excluding hydrogens is 324 g/mol. The summed E-state index contributed by atoms with van der Waals surface area (Å²) >= 11 is 0. The number of hydrogen-bond acceptors (Lipinski definition) is 3. The fourth-order valence-corrected chi connectivity index (χ4v) is 3.69. The summed E-state index contributed by atoms with van der Waals surface area (Å²) in [6.07, 6.45) is 4.45. The van der Waals surface area contributed by atoms with Crippen molar-refractivity contribution in [2.75, 3.05) is 5.32 Å². The number of fused-ring (bicyclic) bond motifs is 1. The van der Waals surface area contributed by atoms with Gasteiger partial charge in [0.2, 0.25) is 10.0 Å². The lowest BCUT2D eigenvalue weighted by atomic mass is 9.90. The number of benzene rings is 2. The molecule has 6 heteroatoms. The number of carbonyl (C=O) groups excluding carboxylic acids is 1. The van der Waals surface area contributed by atoms with E-state index >= 15 is 0 Å². The van der Waals surface area contributed by atoms with Crippen LogP contribution in [0, 0.1) is 0 Å². The van der Waals surface area contributed by atoms with Crippen molar-refractivity contribution in [3.63, 3.8) is 0 Å². The minimum atomic E-state index is -3.60. The van der Waals surface area contributed by atoms with Crippen LogP contribution in [0.15, 0.2) is 42.5 Å². The SMILES string of the molecule is NS(=O)(=O)Cc1cccc(NC(=O)c2ccc3c(c2)CCCC3)c1. The Kier molecular flexibility index (Phi) is 4.69. The molecule has 2 aromatic carbocycles. The summed E-state index contributed by atoms with van der Waals surface area (Å²) in [4.78, 5) is 12.4. The van der Waals surface area contributed by atoms with E-state index in [1.54, 1.807) is 24.3 Å². The van der Waals surface area contributed by atoms with E-state index < -0.39 is 10.0 Å². The lowest BCUT2D eigenvalue weighted by Gasteiger charge is -2.16. The third-order valence-electron chi connectivity index (χ3n) is 4.16. The molecule has 0 bridgehead atoms. The zero-order chi connectivity index (χ0) is 17.2. The first-order valence-electron chi connectivity index (χ1n) is 7.93. The van der Waals surface area contributed by atoms with Crippen molar-refractivity contribution < 1.29 is 13.2 Å². The number of rotatable bonds is 4. The van der Waals surface area contributed by atoms with Crippen molar-refractivity contribution in [3.05, 3.63) is 64.7 Å². The van der Waals surface area contributed by atoms with E-state index in [-0.39, 0.29) is 11.7 Å². The number of carbonyl (C=O) groups is 1. The van der Waals surface area contributed by atoms with E-state index in [0.717, 1.165) is 19.3 Å². The topological polar surface area (TPSA) is 89.3 Å². The van der Waals surface area contributed by atoms with Crippen LogP contribution in [0.5, 0.6) is 0 Å². The maximum Gasteiger partial charge on any atom is 0.255 e. The van der Waals surface area contributed by atoms with Gasteiger partial charge in [0.15, 0.2) is 0 Å². The molecule has 3 rings (SSSR count). The highest BCUT2D eigenvalue weighted by Gasteiger charge is 2.13. The number of aryl methyl sites for hydroxylation is 2. The van der Waals surface area contributed by atoms with Crippen LogP contribution < -0.4 is 10.5 Å². The number of sulfonamides is 1. The van der Waals surface area contributed by atoms with Crippen molar-refractivity contribution >= 4 is 21.6 Å². The van der Waals surface area contributed by atoms with Crippen LogP contribution in [0.2, 0.25) is 0 Å². The summed E-state index contributed by atoms with van der Waals surface area (Å²) in [5.41, 5.74) is 4.29. The fourth-order valence-electron chi connectivity index (χ4n) is 3.05. The Balaban J connectivity index is 1.76. The molecule has 2 aromatic rings. The van der Waals surface area contributed by atoms with Gasteiger partial charge in [-0.3, -0.25) is 4.79 Å². The molecule has 0 aliphatic heterocycles. The quantitative estimate of drug-likeness (QED) is 0.893. The molecule has 0 radical (unpaired) electrons. The van der Waals surface area contributed by atoms with E-state index in [1.165, 1.54) is 17.5 Å². The minimum absolute atomic E-state index is 0.198. The zero-order valence-electron chi connectivity index (χ0n) is 13.3. The monoisotopic (exact) mass is 344 g/mol. The molecule has 1 aliphatic rings. The summed E-state index contributed by atoms with van der Waals surface area (Å²) in [7, 11) is -3.60. The normalized spacial score (nSPS) is 14.0. The van der Waals surface area contributed by atoms with Crippen molar-refractivity contribution in [1.29, 1.82) is 0 Å². The molecule has 126 valence electrons. The predicted octanol–water partition coefficient (Wildman–Crippen LogP) is 2.61. The van der Waals surface area contributed by atoms with Gasteiger partial charge >= 0.3 is 0 Å². The Labute approximate surface area is 141 Å². The van der Waals surface area contributed by atoms with E-state index in [0.29, 0.717) is 16.8 Å². The molecule has 0 saturated heterocycles. The number of hydrogen-bond donors (Lipinski definition) is 2. The van der Waals surface area contributed by atoms with E-state index in [9.17, 15) is 13.2 Å². The summed E-state index contributed by atoms with van der Waals surface area (Å²) in [5, 5.41) is 7.88. The third kappa shape index (κ3) is 4.21. The van der Waals surface area contributed by atoms with Gasteiger partial charge in [0.1, 0.15) is 0 Å². The molecule has 0 spiro atoms. The number of nitrogens with two attached hydrogens (primary N) is 1. The second-order valence-corrected chi connectivity index (χ2v) is 7.77. The molecule has 1 aliphatic carbocycles. The summed E-state index contributed by atoms with van der Waals surface area (Å²) in [6.45, 7) is 0. The summed E-state index contributed by atoms with van der Waals surface area (Å²) in [6, 6.07) is 12.5. The molecule has 0 aromatic heterocycles. The first kappa shape index (κ1) is 16.7. The number of anilines is 1. The van der Waals surface area contributed by atoms with Crippen LogP contribution in [0.1, 0.15) is 39.9 Å². The van der Waals surface area contributed by atoms with Gasteiger partial charge in [-0.2, -0.15) is 0 Å². The molecule has 0 heterocycles. The van der Waals surface area contributed by atoms with Gasteiger partial charge in [0.05, 0.1) is 5.75 Å². The van der Waals surface area contributed by atoms with E-state index in [4.69, 9.17) is 5.14 Å². The number of amides is 1. The summed E-state index contributed by atoms with van der Waals surface area (Å²) in [5.74, 6) is -0.452. The van der Waals surface area contributed by atoms with Crippen LogP contribution in [-0.2, 0) is 28.6 Å². The highest BCUT2D eigenvalue weighted by molar-refractivity contribution is 7.88. The Hall–Kier alpha value is -2.18. The van der Waals surface area contributed by atoms with Crippen LogP contribution in [0.4, 0.5) is 5.69 Å². The van der Waals surface area contributed by atoms with Crippen molar-refractivity contribution in [2.24, 2.45) is 5.14 Å². The van der Waals surface area contributed by atoms with Gasteiger partial charge in [-0.1, -0.05) is 18.2 Å². The second-order valence-electron chi connectivity index (χ2n) is 6.15. The maximum atomic E-state index is 12.4. The first-order chi connectivity index (χ1) is 11.4. The van der Waals surface area contributed by atoms with Gasteiger partial charge in [0, 0.05) is 11.3 Å². The largest absolute Gasteiger partial charge is 0.322 e. The molecule has 0 unspecified atom stereocenters. The van der Waals surface area contributed by atoms with Crippen LogP contribution in [-0.4, -0.2) is 14.3 Å². The third-order valence-corrected chi connectivity index (χ3v) is 4.90. The standard InChI is InChI=1S/C18H20N2O3S/c19-24(22,23)12-13-4-3-7-17(10-13)20-18(21)16-9-8-14-5-1-2-6-15(14)11-16/h3-4,7-11H,1-2,5-6,12H2,(H,20,21)(H2,19,22,23). The average Bonchev–Trinajstić information content (AvgIpc) is 2.53. The lowest BCUT2D eigenvalue weighted by Crippen LogP contribution is -2.16. The van der Waals surface area contributed by atoms with E-state index in [1.807, 2.05) is 18.2 Å². The van der Waals surface area contributed by atoms with Crippen LogP contribution in [0.25, 0.3) is 0 Å². The Morgan fingerprint density at radius 1 is 1.04 bits per heavy atom. The fraction of sp³-hybridized carbons (Fsp3) is 0.278. The number of nitrogens with one attached hydrogen (secondary N) is 1. The van der Waals surface area contributed by atoms with Gasteiger partial charge in [-0.05, 0) is 66.6 Å². The molecule has 5 nitrogen and oxygen atoms in total.